The van der Waals surface area contributed by atoms with Gasteiger partial charge in [-0.25, -0.2) is 0 Å². The molecule has 0 N–H and O–H groups in total. The summed E-state index contributed by atoms with van der Waals surface area (Å²) in [5, 5.41) is 0. The molecule has 2 heterocycles. The molecule has 0 spiro atoms. The van der Waals surface area contributed by atoms with E-state index in [1.807, 2.05) is 0 Å². The van der Waals surface area contributed by atoms with Gasteiger partial charge in [-0.15, -0.1) is 0 Å². The minimum Gasteiger partial charge on any atom is -0.365 e. The SMILES string of the molecule is CN1[C@H]2CC[C@H]1CC(OC(c1ccccc1)c1ccccc1)C2. The molecule has 0 radical (unpaired) electrons. The topological polar surface area (TPSA) is 12.5 Å². The second kappa shape index (κ2) is 6.46. The van der Waals surface area contributed by atoms with Gasteiger partial charge >= 0.3 is 0 Å². The number of hydrogen-bond donors (Lipinski definition) is 0. The van der Waals surface area contributed by atoms with Gasteiger partial charge in [0, 0.05) is 12.1 Å². The van der Waals surface area contributed by atoms with Crippen LogP contribution in [0, 0.1) is 0 Å². The van der Waals surface area contributed by atoms with Crippen molar-refractivity contribution in [2.24, 2.45) is 0 Å². The molecule has 0 amide bonds. The van der Waals surface area contributed by atoms with Crippen LogP contribution in [0.4, 0.5) is 0 Å². The van der Waals surface area contributed by atoms with Crippen molar-refractivity contribution in [1.82, 2.24) is 4.90 Å². The molecule has 2 bridgehead atoms. The van der Waals surface area contributed by atoms with Gasteiger partial charge in [0.25, 0.3) is 0 Å². The van der Waals surface area contributed by atoms with E-state index in [2.05, 4.69) is 72.6 Å². The molecule has 0 aromatic heterocycles. The molecule has 2 heteroatoms. The van der Waals surface area contributed by atoms with Crippen LogP contribution in [0.3, 0.4) is 0 Å². The fourth-order valence-corrected chi connectivity index (χ4v) is 4.27. The Morgan fingerprint density at radius 3 is 1.78 bits per heavy atom. The Kier molecular flexibility index (Phi) is 4.19. The molecule has 0 saturated carbocycles. The smallest absolute Gasteiger partial charge is 0.108 e. The highest BCUT2D eigenvalue weighted by Gasteiger charge is 2.39. The van der Waals surface area contributed by atoms with Crippen LogP contribution >= 0.6 is 0 Å². The van der Waals surface area contributed by atoms with Crippen molar-refractivity contribution in [3.05, 3.63) is 71.8 Å². The second-order valence-corrected chi connectivity index (χ2v) is 6.98. The highest BCUT2D eigenvalue weighted by atomic mass is 16.5. The molecule has 2 fully saturated rings. The summed E-state index contributed by atoms with van der Waals surface area (Å²) in [4.78, 5) is 2.57. The van der Waals surface area contributed by atoms with Crippen LogP contribution in [-0.2, 0) is 4.74 Å². The molecule has 2 aromatic carbocycles. The maximum Gasteiger partial charge on any atom is 0.108 e. The second-order valence-electron chi connectivity index (χ2n) is 6.98. The number of piperidine rings is 1. The van der Waals surface area contributed by atoms with Gasteiger partial charge in [-0.05, 0) is 43.9 Å². The molecular weight excluding hydrogens is 282 g/mol. The maximum atomic E-state index is 6.67. The van der Waals surface area contributed by atoms with Crippen molar-refractivity contribution < 1.29 is 4.74 Å². The Bertz CT molecular complexity index is 573. The summed E-state index contributed by atoms with van der Waals surface area (Å²) in [6.45, 7) is 0. The molecular formula is C21H25NO. The van der Waals surface area contributed by atoms with Gasteiger partial charge in [0.2, 0.25) is 0 Å². The first kappa shape index (κ1) is 14.9. The zero-order valence-electron chi connectivity index (χ0n) is 13.8. The van der Waals surface area contributed by atoms with E-state index >= 15 is 0 Å². The van der Waals surface area contributed by atoms with E-state index in [9.17, 15) is 0 Å². The lowest BCUT2D eigenvalue weighted by atomic mass is 9.97. The molecule has 0 aliphatic carbocycles. The average Bonchev–Trinajstić information content (AvgIpc) is 2.83. The lowest BCUT2D eigenvalue weighted by Crippen LogP contribution is -2.43. The van der Waals surface area contributed by atoms with Gasteiger partial charge in [-0.1, -0.05) is 60.7 Å². The highest BCUT2D eigenvalue weighted by molar-refractivity contribution is 5.30. The summed E-state index contributed by atoms with van der Waals surface area (Å²) < 4.78 is 6.67. The van der Waals surface area contributed by atoms with Crippen LogP contribution in [-0.4, -0.2) is 30.1 Å². The van der Waals surface area contributed by atoms with Crippen LogP contribution in [0.5, 0.6) is 0 Å². The summed E-state index contributed by atoms with van der Waals surface area (Å²) in [7, 11) is 2.28. The molecule has 2 aliphatic heterocycles. The molecule has 2 nitrogen and oxygen atoms in total. The van der Waals surface area contributed by atoms with E-state index in [1.54, 1.807) is 0 Å². The molecule has 120 valence electrons. The highest BCUT2D eigenvalue weighted by Crippen LogP contribution is 2.38. The van der Waals surface area contributed by atoms with Crippen molar-refractivity contribution >= 4 is 0 Å². The lowest BCUT2D eigenvalue weighted by molar-refractivity contribution is -0.0426. The standard InChI is InChI=1S/C21H25NO/c1-22-18-12-13-19(22)15-20(14-18)23-21(16-8-4-2-5-9-16)17-10-6-3-7-11-17/h2-11,18-21H,12-15H2,1H3/t18-,19-/m0/s1. The van der Waals surface area contributed by atoms with Crippen LogP contribution < -0.4 is 0 Å². The third-order valence-electron chi connectivity index (χ3n) is 5.59. The van der Waals surface area contributed by atoms with Crippen LogP contribution in [0.2, 0.25) is 0 Å². The predicted octanol–water partition coefficient (Wildman–Crippen LogP) is 4.42. The van der Waals surface area contributed by atoms with Gasteiger partial charge in [0.15, 0.2) is 0 Å². The summed E-state index contributed by atoms with van der Waals surface area (Å²) in [6, 6.07) is 22.7. The first-order chi connectivity index (χ1) is 11.3. The van der Waals surface area contributed by atoms with E-state index in [0.29, 0.717) is 18.2 Å². The van der Waals surface area contributed by atoms with Gasteiger partial charge in [0.1, 0.15) is 6.10 Å². The van der Waals surface area contributed by atoms with Gasteiger partial charge in [0.05, 0.1) is 6.10 Å². The molecule has 2 aromatic rings. The number of benzene rings is 2. The van der Waals surface area contributed by atoms with E-state index in [0.717, 1.165) is 0 Å². The Morgan fingerprint density at radius 1 is 0.826 bits per heavy atom. The summed E-state index contributed by atoms with van der Waals surface area (Å²) >= 11 is 0. The summed E-state index contributed by atoms with van der Waals surface area (Å²) in [5.41, 5.74) is 2.51. The Morgan fingerprint density at radius 2 is 1.30 bits per heavy atom. The van der Waals surface area contributed by atoms with E-state index in [1.165, 1.54) is 36.8 Å². The van der Waals surface area contributed by atoms with Crippen LogP contribution in [0.15, 0.2) is 60.7 Å². The fraction of sp³-hybridized carbons (Fsp3) is 0.429. The number of rotatable bonds is 4. The minimum absolute atomic E-state index is 0.0465. The third kappa shape index (κ3) is 3.06. The number of hydrogen-bond acceptors (Lipinski definition) is 2. The van der Waals surface area contributed by atoms with Crippen LogP contribution in [0.25, 0.3) is 0 Å². The quantitative estimate of drug-likeness (QED) is 0.829. The van der Waals surface area contributed by atoms with E-state index < -0.39 is 0 Å². The van der Waals surface area contributed by atoms with E-state index in [4.69, 9.17) is 4.74 Å². The van der Waals surface area contributed by atoms with Crippen molar-refractivity contribution in [1.29, 1.82) is 0 Å². The predicted molar refractivity (Wildman–Crippen MR) is 93.4 cm³/mol. The Balaban J connectivity index is 1.57. The largest absolute Gasteiger partial charge is 0.365 e. The van der Waals surface area contributed by atoms with Crippen molar-refractivity contribution in [2.75, 3.05) is 7.05 Å². The average molecular weight is 307 g/mol. The number of ether oxygens (including phenoxy) is 1. The Hall–Kier alpha value is -1.64. The van der Waals surface area contributed by atoms with Crippen molar-refractivity contribution in [2.45, 2.75) is 50.0 Å². The summed E-state index contributed by atoms with van der Waals surface area (Å²) in [6.07, 6.45) is 5.43. The normalized spacial score (nSPS) is 27.5. The molecule has 23 heavy (non-hydrogen) atoms. The molecule has 0 unspecified atom stereocenters. The molecule has 2 atom stereocenters. The monoisotopic (exact) mass is 307 g/mol. The fourth-order valence-electron chi connectivity index (χ4n) is 4.27. The van der Waals surface area contributed by atoms with Gasteiger partial charge < -0.3 is 9.64 Å². The minimum atomic E-state index is 0.0465. The lowest BCUT2D eigenvalue weighted by Gasteiger charge is -2.38. The number of fused-ring (bicyclic) bond motifs is 2. The zero-order valence-corrected chi connectivity index (χ0v) is 13.8. The van der Waals surface area contributed by atoms with Crippen molar-refractivity contribution in [3.8, 4) is 0 Å². The van der Waals surface area contributed by atoms with Gasteiger partial charge in [-0.2, -0.15) is 0 Å². The first-order valence-corrected chi connectivity index (χ1v) is 8.78. The maximum absolute atomic E-state index is 6.67. The third-order valence-corrected chi connectivity index (χ3v) is 5.59. The Labute approximate surface area is 139 Å². The molecule has 2 saturated heterocycles. The molecule has 4 rings (SSSR count). The summed E-state index contributed by atoms with van der Waals surface area (Å²) in [5.74, 6) is 0. The zero-order chi connectivity index (χ0) is 15.6. The first-order valence-electron chi connectivity index (χ1n) is 8.78. The van der Waals surface area contributed by atoms with E-state index in [-0.39, 0.29) is 6.10 Å². The van der Waals surface area contributed by atoms with Crippen molar-refractivity contribution in [3.63, 3.8) is 0 Å². The van der Waals surface area contributed by atoms with Crippen LogP contribution in [0.1, 0.15) is 42.9 Å². The van der Waals surface area contributed by atoms with Gasteiger partial charge in [-0.3, -0.25) is 0 Å². The number of nitrogens with zero attached hydrogens (tertiary/aromatic N) is 1. The molecule has 2 aliphatic rings.